The first-order valence-electron chi connectivity index (χ1n) is 9.56. The quantitative estimate of drug-likeness (QED) is 0.539. The molecule has 0 spiro atoms. The molecular formula is C20H26N4O3S. The van der Waals surface area contributed by atoms with Crippen LogP contribution in [0.25, 0.3) is 10.2 Å². The number of carbonyl (C=O) groups excluding carboxylic acids is 1. The molecule has 1 amide bonds. The minimum Gasteiger partial charge on any atom is -0.494 e. The van der Waals surface area contributed by atoms with Gasteiger partial charge >= 0.3 is 0 Å². The molecule has 28 heavy (non-hydrogen) atoms. The van der Waals surface area contributed by atoms with Crippen LogP contribution in [-0.4, -0.2) is 53.7 Å². The molecule has 0 unspecified atom stereocenters. The lowest BCUT2D eigenvalue weighted by Crippen LogP contribution is -2.38. The maximum absolute atomic E-state index is 13.1. The van der Waals surface area contributed by atoms with Gasteiger partial charge in [-0.15, -0.1) is 0 Å². The van der Waals surface area contributed by atoms with Gasteiger partial charge in [-0.25, -0.2) is 4.98 Å². The lowest BCUT2D eigenvalue weighted by atomic mass is 10.3. The number of hydrogen-bond donors (Lipinski definition) is 0. The Morgan fingerprint density at radius 1 is 1.18 bits per heavy atom. The fourth-order valence-electron chi connectivity index (χ4n) is 2.93. The van der Waals surface area contributed by atoms with Crippen molar-refractivity contribution in [1.29, 1.82) is 0 Å². The van der Waals surface area contributed by atoms with Crippen LogP contribution in [0.4, 0.5) is 5.13 Å². The maximum atomic E-state index is 13.1. The largest absolute Gasteiger partial charge is 0.494 e. The molecule has 0 bridgehead atoms. The molecule has 0 radical (unpaired) electrons. The number of aromatic nitrogens is 2. The monoisotopic (exact) mass is 402 g/mol. The van der Waals surface area contributed by atoms with Crippen LogP contribution in [0.15, 0.2) is 28.8 Å². The summed E-state index contributed by atoms with van der Waals surface area (Å²) in [4.78, 5) is 21.7. The molecule has 7 nitrogen and oxygen atoms in total. The molecule has 2 heterocycles. The van der Waals surface area contributed by atoms with Crippen molar-refractivity contribution in [3.8, 4) is 5.75 Å². The van der Waals surface area contributed by atoms with Crippen LogP contribution in [-0.2, 0) is 0 Å². The predicted octanol–water partition coefficient (Wildman–Crippen LogP) is 3.98. The van der Waals surface area contributed by atoms with Crippen molar-refractivity contribution in [3.63, 3.8) is 0 Å². The van der Waals surface area contributed by atoms with E-state index in [2.05, 4.69) is 28.9 Å². The van der Waals surface area contributed by atoms with E-state index >= 15 is 0 Å². The Balaban J connectivity index is 1.92. The topological polar surface area (TPSA) is 71.7 Å². The summed E-state index contributed by atoms with van der Waals surface area (Å²) in [6.07, 6.45) is 0. The van der Waals surface area contributed by atoms with E-state index in [-0.39, 0.29) is 11.7 Å². The number of carbonyl (C=O) groups is 1. The van der Waals surface area contributed by atoms with Gasteiger partial charge in [-0.1, -0.05) is 30.3 Å². The molecule has 0 aliphatic carbocycles. The molecule has 0 aliphatic rings. The van der Waals surface area contributed by atoms with E-state index < -0.39 is 0 Å². The first-order valence-corrected chi connectivity index (χ1v) is 10.4. The molecule has 0 atom stereocenters. The lowest BCUT2D eigenvalue weighted by molar-refractivity contribution is 0.0948. The van der Waals surface area contributed by atoms with Crippen LogP contribution in [0, 0.1) is 6.92 Å². The molecule has 3 aromatic rings. The average Bonchev–Trinajstić information content (AvgIpc) is 3.31. The van der Waals surface area contributed by atoms with Crippen LogP contribution in [0.2, 0.25) is 0 Å². The van der Waals surface area contributed by atoms with Crippen LogP contribution in [0.1, 0.15) is 37.0 Å². The minimum atomic E-state index is -0.225. The third kappa shape index (κ3) is 4.51. The lowest BCUT2D eigenvalue weighted by Gasteiger charge is -2.23. The van der Waals surface area contributed by atoms with Crippen molar-refractivity contribution in [2.45, 2.75) is 27.7 Å². The van der Waals surface area contributed by atoms with Gasteiger partial charge in [-0.3, -0.25) is 9.69 Å². The third-order valence-electron chi connectivity index (χ3n) is 4.51. The Morgan fingerprint density at radius 2 is 1.96 bits per heavy atom. The van der Waals surface area contributed by atoms with Gasteiger partial charge in [-0.2, -0.15) is 0 Å². The zero-order chi connectivity index (χ0) is 20.1. The molecule has 0 saturated carbocycles. The first kappa shape index (κ1) is 20.3. The number of aryl methyl sites for hydroxylation is 1. The number of ether oxygens (including phenoxy) is 1. The van der Waals surface area contributed by atoms with Gasteiger partial charge in [0.25, 0.3) is 5.91 Å². The number of rotatable bonds is 9. The van der Waals surface area contributed by atoms with E-state index in [1.807, 2.05) is 25.1 Å². The maximum Gasteiger partial charge on any atom is 0.298 e. The Morgan fingerprint density at radius 3 is 2.61 bits per heavy atom. The minimum absolute atomic E-state index is 0.225. The highest BCUT2D eigenvalue weighted by Crippen LogP contribution is 2.32. The molecule has 0 fully saturated rings. The Bertz CT molecular complexity index is 933. The number of amides is 1. The predicted molar refractivity (Wildman–Crippen MR) is 111 cm³/mol. The molecule has 8 heteroatoms. The highest BCUT2D eigenvalue weighted by Gasteiger charge is 2.25. The van der Waals surface area contributed by atoms with Crippen LogP contribution < -0.4 is 9.64 Å². The van der Waals surface area contributed by atoms with Gasteiger partial charge < -0.3 is 14.2 Å². The normalized spacial score (nSPS) is 11.3. The van der Waals surface area contributed by atoms with Crippen LogP contribution >= 0.6 is 11.3 Å². The summed E-state index contributed by atoms with van der Waals surface area (Å²) in [7, 11) is 0. The molecule has 3 rings (SSSR count). The fourth-order valence-corrected chi connectivity index (χ4v) is 3.95. The van der Waals surface area contributed by atoms with Gasteiger partial charge in [-0.05, 0) is 45.1 Å². The van der Waals surface area contributed by atoms with Gasteiger partial charge in [0.15, 0.2) is 5.13 Å². The van der Waals surface area contributed by atoms with Crippen LogP contribution in [0.3, 0.4) is 0 Å². The zero-order valence-electron chi connectivity index (χ0n) is 16.8. The number of thiazole rings is 1. The Labute approximate surface area is 168 Å². The summed E-state index contributed by atoms with van der Waals surface area (Å²) in [5.41, 5.74) is 1.52. The van der Waals surface area contributed by atoms with Crippen molar-refractivity contribution >= 4 is 32.6 Å². The van der Waals surface area contributed by atoms with E-state index in [4.69, 9.17) is 9.26 Å². The molecule has 1 aromatic carbocycles. The number of fused-ring (bicyclic) bond motifs is 1. The molecule has 0 aliphatic heterocycles. The summed E-state index contributed by atoms with van der Waals surface area (Å²) >= 11 is 1.48. The number of anilines is 1. The molecule has 2 aromatic heterocycles. The Kier molecular flexibility index (Phi) is 6.64. The Hall–Kier alpha value is -2.45. The van der Waals surface area contributed by atoms with E-state index in [1.165, 1.54) is 11.3 Å². The van der Waals surface area contributed by atoms with Gasteiger partial charge in [0.05, 0.1) is 22.5 Å². The van der Waals surface area contributed by atoms with Crippen molar-refractivity contribution in [2.75, 3.05) is 37.7 Å². The summed E-state index contributed by atoms with van der Waals surface area (Å²) < 4.78 is 11.8. The van der Waals surface area contributed by atoms with Crippen LogP contribution in [0.5, 0.6) is 5.75 Å². The number of nitrogens with zero attached hydrogens (tertiary/aromatic N) is 4. The molecular weight excluding hydrogens is 376 g/mol. The third-order valence-corrected chi connectivity index (χ3v) is 5.55. The van der Waals surface area contributed by atoms with Crippen molar-refractivity contribution in [1.82, 2.24) is 15.0 Å². The smallest absolute Gasteiger partial charge is 0.298 e. The van der Waals surface area contributed by atoms with Crippen molar-refractivity contribution in [3.05, 3.63) is 35.7 Å². The number of benzene rings is 1. The summed E-state index contributed by atoms with van der Waals surface area (Å²) in [6.45, 7) is 11.7. The van der Waals surface area contributed by atoms with Gasteiger partial charge in [0.2, 0.25) is 5.76 Å². The second kappa shape index (κ2) is 9.16. The molecule has 150 valence electrons. The van der Waals surface area contributed by atoms with E-state index in [0.29, 0.717) is 24.0 Å². The van der Waals surface area contributed by atoms with E-state index in [9.17, 15) is 4.79 Å². The van der Waals surface area contributed by atoms with Crippen molar-refractivity contribution < 1.29 is 14.1 Å². The van der Waals surface area contributed by atoms with Gasteiger partial charge in [0.1, 0.15) is 5.75 Å². The molecule has 0 saturated heterocycles. The summed E-state index contributed by atoms with van der Waals surface area (Å²) in [5.74, 6) is 0.806. The highest BCUT2D eigenvalue weighted by molar-refractivity contribution is 7.22. The summed E-state index contributed by atoms with van der Waals surface area (Å²) in [5, 5.41) is 4.50. The summed E-state index contributed by atoms with van der Waals surface area (Å²) in [6, 6.07) is 7.45. The van der Waals surface area contributed by atoms with E-state index in [0.717, 1.165) is 35.6 Å². The first-order chi connectivity index (χ1) is 13.5. The second-order valence-electron chi connectivity index (χ2n) is 6.38. The van der Waals surface area contributed by atoms with E-state index in [1.54, 1.807) is 17.9 Å². The average molecular weight is 403 g/mol. The molecule has 0 N–H and O–H groups in total. The standard InChI is InChI=1S/C20H26N4O3S/c1-5-23(6-2)10-11-24(19(25)17-12-14(4)22-27-17)20-21-16-9-8-15(26-7-3)13-18(16)28-20/h8-9,12-13H,5-7,10-11H2,1-4H3. The SMILES string of the molecule is CCOc1ccc2nc(N(CCN(CC)CC)C(=O)c3cc(C)no3)sc2c1. The van der Waals surface area contributed by atoms with Crippen molar-refractivity contribution in [2.24, 2.45) is 0 Å². The number of likely N-dealkylation sites (N-methyl/N-ethyl adjacent to an activating group) is 1. The fraction of sp³-hybridized carbons (Fsp3) is 0.450. The van der Waals surface area contributed by atoms with Gasteiger partial charge in [0, 0.05) is 19.2 Å². The highest BCUT2D eigenvalue weighted by atomic mass is 32.1. The zero-order valence-corrected chi connectivity index (χ0v) is 17.6. The second-order valence-corrected chi connectivity index (χ2v) is 7.38. The number of hydrogen-bond acceptors (Lipinski definition) is 7.